The number of nitrogens with two attached hydrogens (primary N) is 1. The van der Waals surface area contributed by atoms with Crippen molar-refractivity contribution in [3.63, 3.8) is 0 Å². The van der Waals surface area contributed by atoms with E-state index in [0.717, 1.165) is 4.57 Å². The summed E-state index contributed by atoms with van der Waals surface area (Å²) in [5.74, 6) is -2.89. The van der Waals surface area contributed by atoms with Gasteiger partial charge >= 0.3 is 41.2 Å². The van der Waals surface area contributed by atoms with Gasteiger partial charge in [-0.25, -0.2) is 14.6 Å². The van der Waals surface area contributed by atoms with Gasteiger partial charge in [0.05, 0.1) is 19.3 Å². The minimum atomic E-state index is -1.42. The van der Waals surface area contributed by atoms with Gasteiger partial charge in [-0.15, -0.1) is 0 Å². The van der Waals surface area contributed by atoms with Crippen molar-refractivity contribution in [3.8, 4) is 0 Å². The number of ether oxygens (including phenoxy) is 2. The normalized spacial score (nSPS) is 27.0. The molecule has 5 atom stereocenters. The number of aliphatic hydroxyl groups is 6. The van der Waals surface area contributed by atoms with Crippen LogP contribution >= 0.6 is 0 Å². The monoisotopic (exact) mass is 427 g/mol. The Labute approximate surface area is 185 Å². The van der Waals surface area contributed by atoms with Gasteiger partial charge in [-0.1, -0.05) is 0 Å². The maximum Gasteiger partial charge on any atom is 1.00 e. The van der Waals surface area contributed by atoms with Crippen molar-refractivity contribution in [2.45, 2.75) is 37.1 Å². The Morgan fingerprint density at radius 1 is 1.31 bits per heavy atom. The number of nitrogen functional groups attached to an aromatic ring is 1. The Morgan fingerprint density at radius 2 is 1.97 bits per heavy atom. The molecule has 0 bridgehead atoms. The molecule has 1 saturated heterocycles. The second-order valence-electron chi connectivity index (χ2n) is 5.83. The first kappa shape index (κ1) is 25.3. The van der Waals surface area contributed by atoms with E-state index >= 15 is 0 Å². The predicted molar refractivity (Wildman–Crippen MR) is 87.6 cm³/mol. The zero-order valence-corrected chi connectivity index (χ0v) is 17.3. The van der Waals surface area contributed by atoms with Crippen molar-refractivity contribution in [2.75, 3.05) is 18.9 Å². The molecule has 0 radical (unpaired) electrons. The Hall–Kier alpha value is -1.78. The quantitative estimate of drug-likeness (QED) is 0.175. The number of aromatic nitrogens is 3. The van der Waals surface area contributed by atoms with Crippen molar-refractivity contribution < 1.29 is 74.5 Å². The number of carbonyl (C=O) groups excluding carboxylic acids is 1. The van der Waals surface area contributed by atoms with Crippen LogP contribution in [0.1, 0.15) is 12.6 Å². The molecule has 2 aliphatic heterocycles. The second-order valence-corrected chi connectivity index (χ2v) is 5.83. The van der Waals surface area contributed by atoms with E-state index in [-0.39, 0.29) is 48.5 Å². The number of hydrogen-bond donors (Lipinski definition) is 7. The Morgan fingerprint density at radius 3 is 2.41 bits per heavy atom. The summed E-state index contributed by atoms with van der Waals surface area (Å²) in [7, 11) is 0. The molecule has 2 aliphatic rings. The summed E-state index contributed by atoms with van der Waals surface area (Å²) in [5, 5.41) is 53.4. The number of esters is 1. The number of anilines is 1. The number of hydrogen-bond acceptors (Lipinski definition) is 13. The van der Waals surface area contributed by atoms with Crippen molar-refractivity contribution in [1.82, 2.24) is 14.5 Å². The fourth-order valence-electron chi connectivity index (χ4n) is 2.43. The van der Waals surface area contributed by atoms with Crippen LogP contribution in [0.15, 0.2) is 22.6 Å². The van der Waals surface area contributed by atoms with Crippen LogP contribution in [0.3, 0.4) is 0 Å². The molecule has 0 unspecified atom stereocenters. The van der Waals surface area contributed by atoms with Gasteiger partial charge in [0, 0.05) is 6.42 Å². The summed E-state index contributed by atoms with van der Waals surface area (Å²) in [6.45, 7) is -0.975. The molecule has 3 heterocycles. The second kappa shape index (κ2) is 10.8. The van der Waals surface area contributed by atoms with Gasteiger partial charge in [0.25, 0.3) is 0 Å². The van der Waals surface area contributed by atoms with Crippen LogP contribution in [-0.4, -0.2) is 88.8 Å². The van der Waals surface area contributed by atoms with Crippen molar-refractivity contribution in [2.24, 2.45) is 0 Å². The molecule has 0 amide bonds. The first-order valence-electron chi connectivity index (χ1n) is 7.96. The minimum absolute atomic E-state index is 0. The summed E-state index contributed by atoms with van der Waals surface area (Å²) in [4.78, 5) is 29.1. The fourth-order valence-corrected chi connectivity index (χ4v) is 2.43. The topological polar surface area (TPSA) is 231 Å². The van der Waals surface area contributed by atoms with Crippen molar-refractivity contribution in [3.05, 3.63) is 28.3 Å². The van der Waals surface area contributed by atoms with Gasteiger partial charge in [0.1, 0.15) is 24.8 Å². The van der Waals surface area contributed by atoms with Gasteiger partial charge in [0.2, 0.25) is 11.7 Å². The first-order chi connectivity index (χ1) is 13.2. The first-order valence-corrected chi connectivity index (χ1v) is 7.96. The number of cyclic esters (lactones) is 1. The largest absolute Gasteiger partial charge is 1.00 e. The third-order valence-corrected chi connectivity index (χ3v) is 3.92. The van der Waals surface area contributed by atoms with Gasteiger partial charge in [0.15, 0.2) is 11.9 Å². The zero-order valence-electron chi connectivity index (χ0n) is 15.3. The molecule has 0 spiro atoms. The molecule has 1 aromatic heterocycles. The fraction of sp³-hybridized carbons (Fsp3) is 0.571. The van der Waals surface area contributed by atoms with E-state index in [9.17, 15) is 14.7 Å². The Kier molecular flexibility index (Phi) is 9.44. The summed E-state index contributed by atoms with van der Waals surface area (Å²) >= 11 is 0. The maximum atomic E-state index is 11.4. The summed E-state index contributed by atoms with van der Waals surface area (Å²) in [5.41, 5.74) is 4.65. The van der Waals surface area contributed by atoms with Gasteiger partial charge in [-0.2, -0.15) is 4.98 Å². The third-order valence-electron chi connectivity index (χ3n) is 3.92. The van der Waals surface area contributed by atoms with Crippen LogP contribution in [0.2, 0.25) is 0 Å². The Balaban J connectivity index is 0.000000292. The molecule has 1 aromatic rings. The van der Waals surface area contributed by atoms with Crippen LogP contribution in [0, 0.1) is 0 Å². The molecule has 29 heavy (non-hydrogen) atoms. The average molecular weight is 427 g/mol. The predicted octanol–water partition coefficient (Wildman–Crippen LogP) is -6.54. The third kappa shape index (κ3) is 5.86. The van der Waals surface area contributed by atoms with Crippen LogP contribution in [-0.2, 0) is 14.3 Å². The van der Waals surface area contributed by atoms with E-state index in [1.165, 1.54) is 6.33 Å². The molecule has 0 aromatic carbocycles. The van der Waals surface area contributed by atoms with E-state index < -0.39 is 60.4 Å². The molecule has 3 rings (SSSR count). The average Bonchev–Trinajstić information content (AvgIpc) is 3.16. The molecule has 1 fully saturated rings. The molecular weight excluding hydrogens is 407 g/mol. The molecule has 14 nitrogen and oxygen atoms in total. The number of carbonyl (C=O) groups is 1. The molecule has 0 aliphatic carbocycles. The van der Waals surface area contributed by atoms with E-state index in [1.807, 2.05) is 0 Å². The molecule has 156 valence electrons. The zero-order chi connectivity index (χ0) is 21.0. The summed E-state index contributed by atoms with van der Waals surface area (Å²) in [6.07, 6.45) is -3.52. The van der Waals surface area contributed by atoms with Crippen molar-refractivity contribution in [1.29, 1.82) is 0 Å². The van der Waals surface area contributed by atoms with Crippen molar-refractivity contribution >= 4 is 11.9 Å². The van der Waals surface area contributed by atoms with Crippen LogP contribution in [0.4, 0.5) is 5.95 Å². The summed E-state index contributed by atoms with van der Waals surface area (Å²) < 4.78 is 10.7. The van der Waals surface area contributed by atoms with E-state index in [1.54, 1.807) is 0 Å². The number of rotatable bonds is 4. The standard InChI is InChI=1S/C8H12N4O4.C6H8O6.Na/c9-7-10-3-12(8(15)11-7)6-1-4(14)5(2-13)16-6;7-1-2(8)5-3(9)4(10)6(11)12-5;/h3-6,13-14H,1-2H2,(H2,9,11,15);2,5,7-10H,1H2;/q;;+1/t4-,5+,6+;2-,5+;/m00./s1. The molecule has 0 saturated carbocycles. The summed E-state index contributed by atoms with van der Waals surface area (Å²) in [6, 6.07) is 0. The van der Waals surface area contributed by atoms with E-state index in [0.29, 0.717) is 0 Å². The SMILES string of the molecule is Nc1ncn([C@H]2C[C@H](O)[C@@H](CO)O2)c(=O)n1.O=C1O[C@H]([C@@H](O)CO)C(O)=C1O.[Na+]. The van der Waals surface area contributed by atoms with Crippen LogP contribution in [0.25, 0.3) is 0 Å². The van der Waals surface area contributed by atoms with Crippen LogP contribution < -0.4 is 41.0 Å². The number of aliphatic hydroxyl groups excluding tert-OH is 6. The van der Waals surface area contributed by atoms with E-state index in [2.05, 4.69) is 14.7 Å². The molecule has 8 N–H and O–H groups in total. The maximum absolute atomic E-state index is 11.4. The smallest absolute Gasteiger partial charge is 0.505 e. The minimum Gasteiger partial charge on any atom is -0.505 e. The van der Waals surface area contributed by atoms with Gasteiger partial charge < -0.3 is 45.8 Å². The van der Waals surface area contributed by atoms with Gasteiger partial charge in [-0.3, -0.25) is 4.57 Å². The number of nitrogens with zero attached hydrogens (tertiary/aromatic N) is 3. The Bertz CT molecular complexity index is 803. The van der Waals surface area contributed by atoms with Gasteiger partial charge in [-0.05, 0) is 0 Å². The molecular formula is C14H20N4NaO10+. The van der Waals surface area contributed by atoms with E-state index in [4.69, 9.17) is 36.0 Å². The van der Waals surface area contributed by atoms with Crippen LogP contribution in [0.5, 0.6) is 0 Å². The molecule has 15 heteroatoms.